The number of nitrogens with two attached hydrogens (primary N) is 1. The second kappa shape index (κ2) is 7.92. The quantitative estimate of drug-likeness (QED) is 0.468. The molecule has 1 saturated heterocycles. The highest BCUT2D eigenvalue weighted by atomic mass is 19.4. The van der Waals surface area contributed by atoms with E-state index in [4.69, 9.17) is 10.5 Å². The summed E-state index contributed by atoms with van der Waals surface area (Å²) in [4.78, 5) is 5.86. The largest absolute Gasteiger partial charge is 0.494 e. The van der Waals surface area contributed by atoms with E-state index in [1.807, 2.05) is 0 Å². The van der Waals surface area contributed by atoms with Gasteiger partial charge in [0.2, 0.25) is 0 Å². The van der Waals surface area contributed by atoms with Gasteiger partial charge in [0.05, 0.1) is 12.6 Å². The predicted octanol–water partition coefficient (Wildman–Crippen LogP) is 3.73. The number of aromatic nitrogens is 4. The van der Waals surface area contributed by atoms with Crippen molar-refractivity contribution in [2.45, 2.75) is 24.7 Å². The van der Waals surface area contributed by atoms with E-state index in [0.717, 1.165) is 0 Å². The Morgan fingerprint density at radius 1 is 1.15 bits per heavy atom. The number of hydrogen-bond acceptors (Lipinski definition) is 6. The van der Waals surface area contributed by atoms with Crippen molar-refractivity contribution in [2.24, 2.45) is 5.73 Å². The zero-order chi connectivity index (χ0) is 23.3. The van der Waals surface area contributed by atoms with Crippen LogP contribution in [0.1, 0.15) is 18.0 Å². The van der Waals surface area contributed by atoms with E-state index in [1.165, 1.54) is 46.9 Å². The van der Waals surface area contributed by atoms with Crippen LogP contribution in [0.25, 0.3) is 28.1 Å². The zero-order valence-corrected chi connectivity index (χ0v) is 17.6. The number of alkyl halides is 3. The molecule has 33 heavy (non-hydrogen) atoms. The number of rotatable bonds is 4. The summed E-state index contributed by atoms with van der Waals surface area (Å²) >= 11 is 0. The van der Waals surface area contributed by atoms with E-state index >= 15 is 0 Å². The summed E-state index contributed by atoms with van der Waals surface area (Å²) in [7, 11) is 1.35. The Balaban J connectivity index is 1.60. The van der Waals surface area contributed by atoms with E-state index in [-0.39, 0.29) is 36.3 Å². The normalized spacial score (nSPS) is 18.3. The highest BCUT2D eigenvalue weighted by Gasteiger charge is 2.46. The first-order valence-corrected chi connectivity index (χ1v) is 10.3. The Hall–Kier alpha value is -3.31. The molecule has 3 aromatic heterocycles. The van der Waals surface area contributed by atoms with Crippen LogP contribution in [-0.2, 0) is 0 Å². The molecule has 1 fully saturated rings. The molecule has 0 aliphatic carbocycles. The van der Waals surface area contributed by atoms with Crippen molar-refractivity contribution in [1.82, 2.24) is 24.5 Å². The summed E-state index contributed by atoms with van der Waals surface area (Å²) in [6.07, 6.45) is -2.57. The SMILES string of the molecule is COc1cc2nc(-c3nnc4ccc([C@H](N5CC[C@H](N)C5)C(F)(F)F)cn34)ccc2cc1F. The number of likely N-dealkylation sites (tertiary alicyclic amines) is 1. The van der Waals surface area contributed by atoms with Gasteiger partial charge in [0.1, 0.15) is 11.7 Å². The molecule has 1 aliphatic heterocycles. The molecule has 4 aromatic rings. The molecular weight excluding hydrogens is 440 g/mol. The Kier molecular flexibility index (Phi) is 5.17. The lowest BCUT2D eigenvalue weighted by Crippen LogP contribution is -2.38. The van der Waals surface area contributed by atoms with Crippen molar-refractivity contribution in [2.75, 3.05) is 20.2 Å². The van der Waals surface area contributed by atoms with Crippen molar-refractivity contribution < 1.29 is 22.3 Å². The molecule has 4 heterocycles. The summed E-state index contributed by atoms with van der Waals surface area (Å²) in [5.41, 5.74) is 7.14. The fourth-order valence-electron chi connectivity index (χ4n) is 4.31. The van der Waals surface area contributed by atoms with Crippen LogP contribution in [0, 0.1) is 5.82 Å². The van der Waals surface area contributed by atoms with Gasteiger partial charge < -0.3 is 10.5 Å². The molecule has 7 nitrogen and oxygen atoms in total. The molecule has 11 heteroatoms. The van der Waals surface area contributed by atoms with E-state index in [0.29, 0.717) is 28.7 Å². The lowest BCUT2D eigenvalue weighted by molar-refractivity contribution is -0.183. The van der Waals surface area contributed by atoms with Gasteiger partial charge in [-0.25, -0.2) is 9.37 Å². The predicted molar refractivity (Wildman–Crippen MR) is 113 cm³/mol. The van der Waals surface area contributed by atoms with Crippen LogP contribution >= 0.6 is 0 Å². The Morgan fingerprint density at radius 2 is 1.97 bits per heavy atom. The molecule has 0 saturated carbocycles. The first-order chi connectivity index (χ1) is 15.7. The summed E-state index contributed by atoms with van der Waals surface area (Å²) in [5, 5.41) is 8.75. The molecule has 0 bridgehead atoms. The Labute approximate surface area is 185 Å². The molecule has 0 unspecified atom stereocenters. The van der Waals surface area contributed by atoms with Crippen molar-refractivity contribution in [3.63, 3.8) is 0 Å². The van der Waals surface area contributed by atoms with Crippen LogP contribution in [0.2, 0.25) is 0 Å². The maximum absolute atomic E-state index is 14.0. The first-order valence-electron chi connectivity index (χ1n) is 10.3. The molecule has 0 spiro atoms. The average molecular weight is 460 g/mol. The third kappa shape index (κ3) is 3.87. The van der Waals surface area contributed by atoms with Gasteiger partial charge in [0.15, 0.2) is 23.0 Å². The monoisotopic (exact) mass is 460 g/mol. The maximum Gasteiger partial charge on any atom is 0.408 e. The van der Waals surface area contributed by atoms with Gasteiger partial charge >= 0.3 is 6.18 Å². The Morgan fingerprint density at radius 3 is 2.67 bits per heavy atom. The summed E-state index contributed by atoms with van der Waals surface area (Å²) < 4.78 is 62.6. The number of halogens is 4. The topological polar surface area (TPSA) is 81.6 Å². The lowest BCUT2D eigenvalue weighted by atomic mass is 10.1. The van der Waals surface area contributed by atoms with E-state index < -0.39 is 18.0 Å². The van der Waals surface area contributed by atoms with Crippen molar-refractivity contribution in [3.05, 3.63) is 54.0 Å². The standard InChI is InChI=1S/C22H20F4N6O/c1-33-18-9-17-12(8-15(18)23)2-4-16(28-17)21-30-29-19-5-3-13(10-32(19)21)20(22(24,25)26)31-7-6-14(27)11-31/h2-5,8-10,14,20H,6-7,11,27H2,1H3/t14-,20-/m0/s1. The molecule has 0 radical (unpaired) electrons. The van der Waals surface area contributed by atoms with E-state index in [1.54, 1.807) is 12.1 Å². The molecule has 0 amide bonds. The third-order valence-electron chi connectivity index (χ3n) is 5.86. The van der Waals surface area contributed by atoms with Gasteiger partial charge in [0, 0.05) is 36.8 Å². The summed E-state index contributed by atoms with van der Waals surface area (Å²) in [6, 6.07) is 6.89. The lowest BCUT2D eigenvalue weighted by Gasteiger charge is -2.30. The number of pyridine rings is 2. The highest BCUT2D eigenvalue weighted by molar-refractivity contribution is 5.82. The minimum Gasteiger partial charge on any atom is -0.494 e. The zero-order valence-electron chi connectivity index (χ0n) is 17.6. The van der Waals surface area contributed by atoms with Crippen LogP contribution in [0.3, 0.4) is 0 Å². The summed E-state index contributed by atoms with van der Waals surface area (Å²) in [5.74, 6) is -0.203. The number of nitrogens with zero attached hydrogens (tertiary/aromatic N) is 5. The van der Waals surface area contributed by atoms with E-state index in [9.17, 15) is 17.6 Å². The van der Waals surface area contributed by atoms with Gasteiger partial charge in [0.25, 0.3) is 0 Å². The van der Waals surface area contributed by atoms with Crippen LogP contribution in [0.15, 0.2) is 42.6 Å². The summed E-state index contributed by atoms with van der Waals surface area (Å²) in [6.45, 7) is 0.435. The van der Waals surface area contributed by atoms with E-state index in [2.05, 4.69) is 15.2 Å². The number of fused-ring (bicyclic) bond motifs is 2. The number of methoxy groups -OCH3 is 1. The minimum atomic E-state index is -4.48. The first kappa shape index (κ1) is 21.5. The number of benzene rings is 1. The minimum absolute atomic E-state index is 0.0392. The third-order valence-corrected chi connectivity index (χ3v) is 5.86. The molecule has 1 aromatic carbocycles. The average Bonchev–Trinajstić information content (AvgIpc) is 3.38. The molecule has 2 atom stereocenters. The molecular formula is C22H20F4N6O. The van der Waals surface area contributed by atoms with Crippen LogP contribution < -0.4 is 10.5 Å². The van der Waals surface area contributed by atoms with Crippen LogP contribution in [0.4, 0.5) is 17.6 Å². The maximum atomic E-state index is 14.0. The molecule has 172 valence electrons. The van der Waals surface area contributed by atoms with Gasteiger partial charge in [-0.05, 0) is 30.2 Å². The van der Waals surface area contributed by atoms with Crippen LogP contribution in [-0.4, -0.2) is 56.9 Å². The van der Waals surface area contributed by atoms with Gasteiger partial charge in [-0.3, -0.25) is 9.30 Å². The molecule has 5 rings (SSSR count). The Bertz CT molecular complexity index is 1340. The molecule has 1 aliphatic rings. The van der Waals surface area contributed by atoms with Crippen LogP contribution in [0.5, 0.6) is 5.75 Å². The van der Waals surface area contributed by atoms with Gasteiger partial charge in [-0.2, -0.15) is 13.2 Å². The fraction of sp³-hybridized carbons (Fsp3) is 0.318. The number of hydrogen-bond donors (Lipinski definition) is 1. The van der Waals surface area contributed by atoms with Crippen molar-refractivity contribution in [1.29, 1.82) is 0 Å². The highest BCUT2D eigenvalue weighted by Crippen LogP contribution is 2.39. The second-order valence-electron chi connectivity index (χ2n) is 8.08. The van der Waals surface area contributed by atoms with Crippen molar-refractivity contribution >= 4 is 16.6 Å². The van der Waals surface area contributed by atoms with Gasteiger partial charge in [-0.1, -0.05) is 12.1 Å². The van der Waals surface area contributed by atoms with Gasteiger partial charge in [-0.15, -0.1) is 10.2 Å². The smallest absolute Gasteiger partial charge is 0.408 e. The molecule has 2 N–H and O–H groups in total. The second-order valence-corrected chi connectivity index (χ2v) is 8.08. The fourth-order valence-corrected chi connectivity index (χ4v) is 4.31. The van der Waals surface area contributed by atoms with Crippen molar-refractivity contribution in [3.8, 4) is 17.3 Å². The number of ether oxygens (including phenoxy) is 1.